The maximum atomic E-state index is 12.2. The fourth-order valence-corrected chi connectivity index (χ4v) is 1.88. The summed E-state index contributed by atoms with van der Waals surface area (Å²) in [5.74, 6) is 0.649. The summed E-state index contributed by atoms with van der Waals surface area (Å²) in [7, 11) is 0. The Morgan fingerprint density at radius 3 is 2.86 bits per heavy atom. The molecule has 1 aromatic rings. The van der Waals surface area contributed by atoms with Gasteiger partial charge in [-0.3, -0.25) is 4.79 Å². The standard InChI is InChI=1S/C16H26N2O3/c1-5-21-13-7-6-10-17-14(13)15(19)18-11-16(4,20)9-8-12(2)3/h6-7,10,12,20H,5,8-9,11H2,1-4H3,(H,18,19). The van der Waals surface area contributed by atoms with Crippen molar-refractivity contribution in [3.05, 3.63) is 24.0 Å². The summed E-state index contributed by atoms with van der Waals surface area (Å²) in [6.45, 7) is 8.47. The summed E-state index contributed by atoms with van der Waals surface area (Å²) < 4.78 is 5.38. The number of hydrogen-bond donors (Lipinski definition) is 2. The van der Waals surface area contributed by atoms with Gasteiger partial charge in [-0.2, -0.15) is 0 Å². The molecule has 1 rings (SSSR count). The summed E-state index contributed by atoms with van der Waals surface area (Å²) in [6, 6.07) is 3.43. The molecule has 0 saturated carbocycles. The number of carbonyl (C=O) groups is 1. The van der Waals surface area contributed by atoms with E-state index < -0.39 is 5.60 Å². The van der Waals surface area contributed by atoms with Gasteiger partial charge in [0.2, 0.25) is 0 Å². The van der Waals surface area contributed by atoms with E-state index in [1.165, 1.54) is 0 Å². The number of nitrogens with zero attached hydrogens (tertiary/aromatic N) is 1. The van der Waals surface area contributed by atoms with Crippen molar-refractivity contribution >= 4 is 5.91 Å². The highest BCUT2D eigenvalue weighted by molar-refractivity contribution is 5.94. The highest BCUT2D eigenvalue weighted by atomic mass is 16.5. The maximum Gasteiger partial charge on any atom is 0.273 e. The van der Waals surface area contributed by atoms with Crippen LogP contribution in [0.2, 0.25) is 0 Å². The van der Waals surface area contributed by atoms with Gasteiger partial charge in [-0.1, -0.05) is 13.8 Å². The minimum atomic E-state index is -0.916. The number of rotatable bonds is 8. The second-order valence-electron chi connectivity index (χ2n) is 5.90. The number of hydrogen-bond acceptors (Lipinski definition) is 4. The normalized spacial score (nSPS) is 13.8. The lowest BCUT2D eigenvalue weighted by Gasteiger charge is -2.24. The van der Waals surface area contributed by atoms with E-state index in [-0.39, 0.29) is 18.1 Å². The zero-order valence-electron chi connectivity index (χ0n) is 13.3. The molecule has 5 heteroatoms. The number of aliphatic hydroxyl groups is 1. The molecular formula is C16H26N2O3. The zero-order chi connectivity index (χ0) is 15.9. The van der Waals surface area contributed by atoms with Gasteiger partial charge < -0.3 is 15.2 Å². The Kier molecular flexibility index (Phi) is 6.62. The van der Waals surface area contributed by atoms with Crippen LogP contribution in [0.25, 0.3) is 0 Å². The SMILES string of the molecule is CCOc1cccnc1C(=O)NCC(C)(O)CCC(C)C. The van der Waals surface area contributed by atoms with Crippen molar-refractivity contribution in [2.75, 3.05) is 13.2 Å². The number of amides is 1. The minimum absolute atomic E-state index is 0.195. The Labute approximate surface area is 126 Å². The molecule has 0 fully saturated rings. The van der Waals surface area contributed by atoms with Crippen LogP contribution in [0.4, 0.5) is 0 Å². The van der Waals surface area contributed by atoms with Crippen molar-refractivity contribution in [2.24, 2.45) is 5.92 Å². The summed E-state index contributed by atoms with van der Waals surface area (Å²) in [6.07, 6.45) is 3.11. The molecule has 1 aromatic heterocycles. The van der Waals surface area contributed by atoms with E-state index in [4.69, 9.17) is 4.74 Å². The van der Waals surface area contributed by atoms with Gasteiger partial charge in [0.05, 0.1) is 12.2 Å². The molecule has 0 aliphatic heterocycles. The lowest BCUT2D eigenvalue weighted by Crippen LogP contribution is -2.41. The molecule has 1 amide bonds. The van der Waals surface area contributed by atoms with Crippen LogP contribution in [-0.4, -0.2) is 34.8 Å². The predicted octanol–water partition coefficient (Wildman–Crippen LogP) is 2.40. The monoisotopic (exact) mass is 294 g/mol. The highest BCUT2D eigenvalue weighted by Crippen LogP contribution is 2.17. The molecule has 21 heavy (non-hydrogen) atoms. The second kappa shape index (κ2) is 7.98. The summed E-state index contributed by atoms with van der Waals surface area (Å²) in [5.41, 5.74) is -0.667. The van der Waals surface area contributed by atoms with E-state index >= 15 is 0 Å². The quantitative estimate of drug-likeness (QED) is 0.772. The molecule has 0 spiro atoms. The fraction of sp³-hybridized carbons (Fsp3) is 0.625. The van der Waals surface area contributed by atoms with Crippen LogP contribution in [0, 0.1) is 5.92 Å². The first kappa shape index (κ1) is 17.4. The number of pyridine rings is 1. The van der Waals surface area contributed by atoms with Crippen LogP contribution < -0.4 is 10.1 Å². The smallest absolute Gasteiger partial charge is 0.273 e. The summed E-state index contributed by atoms with van der Waals surface area (Å²) in [5, 5.41) is 13.0. The second-order valence-corrected chi connectivity index (χ2v) is 5.90. The lowest BCUT2D eigenvalue weighted by atomic mass is 9.95. The molecular weight excluding hydrogens is 268 g/mol. The molecule has 2 N–H and O–H groups in total. The Bertz CT molecular complexity index is 459. The third-order valence-electron chi connectivity index (χ3n) is 3.18. The van der Waals surface area contributed by atoms with Crippen molar-refractivity contribution in [1.29, 1.82) is 0 Å². The van der Waals surface area contributed by atoms with Crippen LogP contribution in [0.15, 0.2) is 18.3 Å². The molecule has 1 atom stereocenters. The van der Waals surface area contributed by atoms with Crippen molar-refractivity contribution in [3.8, 4) is 5.75 Å². The molecule has 0 radical (unpaired) electrons. The summed E-state index contributed by atoms with van der Waals surface area (Å²) >= 11 is 0. The fourth-order valence-electron chi connectivity index (χ4n) is 1.88. The van der Waals surface area contributed by atoms with Crippen LogP contribution >= 0.6 is 0 Å². The number of carbonyl (C=O) groups excluding carboxylic acids is 1. The average Bonchev–Trinajstić information content (AvgIpc) is 2.44. The number of ether oxygens (including phenoxy) is 1. The van der Waals surface area contributed by atoms with Crippen LogP contribution in [0.3, 0.4) is 0 Å². The molecule has 0 aliphatic carbocycles. The van der Waals surface area contributed by atoms with Crippen LogP contribution in [0.5, 0.6) is 5.75 Å². The molecule has 0 bridgehead atoms. The van der Waals surface area contributed by atoms with Gasteiger partial charge in [0.15, 0.2) is 11.4 Å². The topological polar surface area (TPSA) is 71.5 Å². The van der Waals surface area contributed by atoms with Crippen molar-refractivity contribution in [3.63, 3.8) is 0 Å². The molecule has 0 saturated heterocycles. The Hall–Kier alpha value is -1.62. The van der Waals surface area contributed by atoms with E-state index in [1.807, 2.05) is 6.92 Å². The first-order chi connectivity index (χ1) is 9.85. The predicted molar refractivity (Wildman–Crippen MR) is 82.4 cm³/mol. The Balaban J connectivity index is 2.61. The molecule has 0 aliphatic rings. The highest BCUT2D eigenvalue weighted by Gasteiger charge is 2.23. The van der Waals surface area contributed by atoms with Gasteiger partial charge in [0, 0.05) is 12.7 Å². The van der Waals surface area contributed by atoms with Crippen LogP contribution in [-0.2, 0) is 0 Å². The van der Waals surface area contributed by atoms with Gasteiger partial charge in [-0.05, 0) is 44.7 Å². The Morgan fingerprint density at radius 2 is 2.24 bits per heavy atom. The third kappa shape index (κ3) is 6.12. The molecule has 1 unspecified atom stereocenters. The minimum Gasteiger partial charge on any atom is -0.491 e. The average molecular weight is 294 g/mol. The van der Waals surface area contributed by atoms with E-state index in [9.17, 15) is 9.90 Å². The molecule has 118 valence electrons. The Morgan fingerprint density at radius 1 is 1.52 bits per heavy atom. The summed E-state index contributed by atoms with van der Waals surface area (Å²) in [4.78, 5) is 16.2. The first-order valence-electron chi connectivity index (χ1n) is 7.44. The van der Waals surface area contributed by atoms with Crippen molar-refractivity contribution in [2.45, 2.75) is 46.1 Å². The first-order valence-corrected chi connectivity index (χ1v) is 7.44. The van der Waals surface area contributed by atoms with Gasteiger partial charge >= 0.3 is 0 Å². The lowest BCUT2D eigenvalue weighted by molar-refractivity contribution is 0.0427. The number of aromatic nitrogens is 1. The van der Waals surface area contributed by atoms with Crippen molar-refractivity contribution < 1.29 is 14.6 Å². The third-order valence-corrected chi connectivity index (χ3v) is 3.18. The van der Waals surface area contributed by atoms with Crippen molar-refractivity contribution in [1.82, 2.24) is 10.3 Å². The maximum absolute atomic E-state index is 12.2. The molecule has 0 aromatic carbocycles. The van der Waals surface area contributed by atoms with E-state index in [0.717, 1.165) is 6.42 Å². The zero-order valence-corrected chi connectivity index (χ0v) is 13.3. The van der Waals surface area contributed by atoms with E-state index in [0.29, 0.717) is 24.7 Å². The van der Waals surface area contributed by atoms with Gasteiger partial charge in [0.25, 0.3) is 5.91 Å². The molecule has 5 nitrogen and oxygen atoms in total. The largest absolute Gasteiger partial charge is 0.491 e. The van der Waals surface area contributed by atoms with Gasteiger partial charge in [-0.25, -0.2) is 4.98 Å². The number of nitrogens with one attached hydrogen (secondary N) is 1. The van der Waals surface area contributed by atoms with E-state index in [1.54, 1.807) is 25.3 Å². The van der Waals surface area contributed by atoms with Gasteiger partial charge in [-0.15, -0.1) is 0 Å². The van der Waals surface area contributed by atoms with Gasteiger partial charge in [0.1, 0.15) is 0 Å². The van der Waals surface area contributed by atoms with E-state index in [2.05, 4.69) is 24.1 Å². The van der Waals surface area contributed by atoms with Crippen LogP contribution in [0.1, 0.15) is 51.0 Å². The molecule has 1 heterocycles.